The van der Waals surface area contributed by atoms with E-state index in [0.29, 0.717) is 37.9 Å². The molecule has 5 heteroatoms. The van der Waals surface area contributed by atoms with Crippen LogP contribution in [0.4, 0.5) is 0 Å². The van der Waals surface area contributed by atoms with Gasteiger partial charge in [-0.3, -0.25) is 9.59 Å². The summed E-state index contributed by atoms with van der Waals surface area (Å²) in [7, 11) is 0. The lowest BCUT2D eigenvalue weighted by molar-refractivity contribution is -0.145. The quantitative estimate of drug-likeness (QED) is 0.0377. The van der Waals surface area contributed by atoms with Crippen molar-refractivity contribution in [2.45, 2.75) is 189 Å². The molecule has 5 nitrogen and oxygen atoms in total. The molecule has 0 aromatic carbocycles. The molecular formula is C44H79NO4. The van der Waals surface area contributed by atoms with Crippen LogP contribution < -0.4 is 0 Å². The van der Waals surface area contributed by atoms with E-state index < -0.39 is 0 Å². The number of carbonyl (C=O) groups excluding carboxylic acids is 2. The Morgan fingerprint density at radius 1 is 0.633 bits per heavy atom. The third-order valence-corrected chi connectivity index (χ3v) is 9.98. The maximum absolute atomic E-state index is 12.3. The first-order chi connectivity index (χ1) is 23.9. The van der Waals surface area contributed by atoms with E-state index in [1.54, 1.807) is 0 Å². The molecule has 49 heavy (non-hydrogen) atoms. The number of esters is 2. The van der Waals surface area contributed by atoms with Crippen molar-refractivity contribution in [3.63, 3.8) is 0 Å². The van der Waals surface area contributed by atoms with Crippen molar-refractivity contribution in [3.05, 3.63) is 29.8 Å². The fourth-order valence-corrected chi connectivity index (χ4v) is 6.55. The highest BCUT2D eigenvalue weighted by atomic mass is 16.5. The molecule has 0 spiro atoms. The lowest BCUT2D eigenvalue weighted by Crippen LogP contribution is -2.29. The molecule has 0 saturated heterocycles. The van der Waals surface area contributed by atoms with E-state index in [-0.39, 0.29) is 11.9 Å². The van der Waals surface area contributed by atoms with E-state index in [9.17, 15) is 9.59 Å². The summed E-state index contributed by atoms with van der Waals surface area (Å²) in [5, 5.41) is 0. The zero-order chi connectivity index (χ0) is 36.2. The zero-order valence-corrected chi connectivity index (χ0v) is 33.1. The number of carbonyl (C=O) groups is 2. The summed E-state index contributed by atoms with van der Waals surface area (Å²) < 4.78 is 11.0. The Morgan fingerprint density at radius 2 is 1.12 bits per heavy atom. The standard InChI is InChI=1S/C44H79NO4/c1-7-12-21-28-40(6)35-37-48-43(46)33-26-19-15-17-24-31-42(39-45(10-4)11-5)32-25-18-16-20-27-34-44(47)49-38-36-41(29-22-13-8-2)30-23-14-9-3/h29,40-42H,2,7,9-12,14-21,23-28,30-39H2,1,3-6H3. The number of allylic oxidation sites excluding steroid dienone is 1. The Morgan fingerprint density at radius 3 is 1.65 bits per heavy atom. The Bertz CT molecular complexity index is 893. The topological polar surface area (TPSA) is 55.8 Å². The fourth-order valence-electron chi connectivity index (χ4n) is 6.55. The molecule has 0 heterocycles. The normalized spacial score (nSPS) is 12.9. The molecule has 284 valence electrons. The first kappa shape index (κ1) is 47.0. The molecule has 0 rings (SSSR count). The number of unbranched alkanes of at least 4 members (excludes halogenated alkanes) is 12. The van der Waals surface area contributed by atoms with Crippen LogP contribution in [0.3, 0.4) is 0 Å². The minimum absolute atomic E-state index is 0.0127. The molecule has 0 aliphatic rings. The fraction of sp³-hybridized carbons (Fsp3) is 0.841. The SMILES string of the molecule is C=C=C=C=CC(CCCCC)CCOC(=O)CCCCCCCC(CCCCCCCC(=O)OCCC(C)CCCCC)CN(CC)CC. The van der Waals surface area contributed by atoms with Crippen LogP contribution in [0, 0.1) is 17.8 Å². The van der Waals surface area contributed by atoms with Crippen molar-refractivity contribution in [2.24, 2.45) is 17.8 Å². The van der Waals surface area contributed by atoms with Gasteiger partial charge in [0, 0.05) is 19.4 Å². The van der Waals surface area contributed by atoms with Crippen molar-refractivity contribution < 1.29 is 19.1 Å². The van der Waals surface area contributed by atoms with Gasteiger partial charge in [-0.05, 0) is 94.2 Å². The molecule has 0 amide bonds. The molecule has 0 radical (unpaired) electrons. The van der Waals surface area contributed by atoms with Gasteiger partial charge in [-0.15, -0.1) is 0 Å². The molecule has 0 fully saturated rings. The maximum Gasteiger partial charge on any atom is 0.305 e. The molecule has 0 N–H and O–H groups in total. The highest BCUT2D eigenvalue weighted by molar-refractivity contribution is 5.69. The monoisotopic (exact) mass is 686 g/mol. The second-order valence-electron chi connectivity index (χ2n) is 14.5. The van der Waals surface area contributed by atoms with Gasteiger partial charge >= 0.3 is 11.9 Å². The smallest absolute Gasteiger partial charge is 0.305 e. The number of hydrogen-bond donors (Lipinski definition) is 0. The lowest BCUT2D eigenvalue weighted by atomic mass is 9.93. The van der Waals surface area contributed by atoms with Gasteiger partial charge in [-0.25, -0.2) is 0 Å². The second-order valence-corrected chi connectivity index (χ2v) is 14.5. The summed E-state index contributed by atoms with van der Waals surface area (Å²) in [6.07, 6.45) is 28.9. The average molecular weight is 686 g/mol. The van der Waals surface area contributed by atoms with Gasteiger partial charge in [0.05, 0.1) is 13.2 Å². The predicted octanol–water partition coefficient (Wildman–Crippen LogP) is 12.3. The van der Waals surface area contributed by atoms with Gasteiger partial charge in [0.15, 0.2) is 0 Å². The molecule has 0 aromatic rings. The van der Waals surface area contributed by atoms with E-state index in [0.717, 1.165) is 64.0 Å². The molecular weight excluding hydrogens is 606 g/mol. The summed E-state index contributed by atoms with van der Waals surface area (Å²) in [6, 6.07) is 0. The van der Waals surface area contributed by atoms with Gasteiger partial charge in [0.2, 0.25) is 0 Å². The van der Waals surface area contributed by atoms with Crippen LogP contribution >= 0.6 is 0 Å². The van der Waals surface area contributed by atoms with Crippen LogP contribution in [-0.2, 0) is 19.1 Å². The van der Waals surface area contributed by atoms with Crippen LogP contribution in [0.25, 0.3) is 0 Å². The maximum atomic E-state index is 12.3. The van der Waals surface area contributed by atoms with Crippen LogP contribution in [0.1, 0.15) is 189 Å². The molecule has 3 unspecified atom stereocenters. The lowest BCUT2D eigenvalue weighted by Gasteiger charge is -2.25. The summed E-state index contributed by atoms with van der Waals surface area (Å²) in [4.78, 5) is 27.0. The predicted molar refractivity (Wildman–Crippen MR) is 209 cm³/mol. The van der Waals surface area contributed by atoms with Gasteiger partial charge in [-0.1, -0.05) is 142 Å². The molecule has 0 aliphatic carbocycles. The van der Waals surface area contributed by atoms with Crippen LogP contribution in [0.5, 0.6) is 0 Å². The average Bonchev–Trinajstić information content (AvgIpc) is 3.09. The van der Waals surface area contributed by atoms with Gasteiger partial charge < -0.3 is 14.4 Å². The highest BCUT2D eigenvalue weighted by Gasteiger charge is 2.13. The number of rotatable bonds is 35. The minimum Gasteiger partial charge on any atom is -0.466 e. The largest absolute Gasteiger partial charge is 0.466 e. The highest BCUT2D eigenvalue weighted by Crippen LogP contribution is 2.21. The first-order valence-corrected chi connectivity index (χ1v) is 20.8. The van der Waals surface area contributed by atoms with Crippen LogP contribution in [0.15, 0.2) is 29.8 Å². The van der Waals surface area contributed by atoms with E-state index in [1.165, 1.54) is 103 Å². The molecule has 0 aliphatic heterocycles. The van der Waals surface area contributed by atoms with Crippen molar-refractivity contribution in [3.8, 4) is 0 Å². The molecule has 0 bridgehead atoms. The van der Waals surface area contributed by atoms with Gasteiger partial charge in [0.1, 0.15) is 0 Å². The summed E-state index contributed by atoms with van der Waals surface area (Å²) in [6.45, 7) is 19.3. The summed E-state index contributed by atoms with van der Waals surface area (Å²) in [5.74, 6) is 1.69. The Hall–Kier alpha value is -2.02. The first-order valence-electron chi connectivity index (χ1n) is 20.8. The van der Waals surface area contributed by atoms with Crippen molar-refractivity contribution in [2.75, 3.05) is 32.8 Å². The number of nitrogens with zero attached hydrogens (tertiary/aromatic N) is 1. The Kier molecular flexibility index (Phi) is 34.3. The summed E-state index contributed by atoms with van der Waals surface area (Å²) >= 11 is 0. The van der Waals surface area contributed by atoms with E-state index in [4.69, 9.17) is 9.47 Å². The van der Waals surface area contributed by atoms with Crippen LogP contribution in [-0.4, -0.2) is 49.7 Å². The van der Waals surface area contributed by atoms with Gasteiger partial charge in [-0.2, -0.15) is 0 Å². The van der Waals surface area contributed by atoms with Crippen molar-refractivity contribution >= 4 is 11.9 Å². The third kappa shape index (κ3) is 31.7. The second kappa shape index (κ2) is 35.8. The number of hydrogen-bond acceptors (Lipinski definition) is 5. The Labute approximate surface area is 304 Å². The Balaban J connectivity index is 4.12. The van der Waals surface area contributed by atoms with E-state index in [2.05, 4.69) is 63.3 Å². The molecule has 0 saturated carbocycles. The van der Waals surface area contributed by atoms with Crippen molar-refractivity contribution in [1.82, 2.24) is 4.90 Å². The van der Waals surface area contributed by atoms with Crippen molar-refractivity contribution in [1.29, 1.82) is 0 Å². The zero-order valence-electron chi connectivity index (χ0n) is 33.1. The molecule has 3 atom stereocenters. The van der Waals surface area contributed by atoms with Crippen LogP contribution in [0.2, 0.25) is 0 Å². The molecule has 0 aromatic heterocycles. The number of ether oxygens (including phenoxy) is 2. The minimum atomic E-state index is -0.0600. The third-order valence-electron chi connectivity index (χ3n) is 9.98. The van der Waals surface area contributed by atoms with Gasteiger partial charge in [0.25, 0.3) is 0 Å². The van der Waals surface area contributed by atoms with E-state index >= 15 is 0 Å². The summed E-state index contributed by atoms with van der Waals surface area (Å²) in [5.41, 5.74) is 8.40. The van der Waals surface area contributed by atoms with E-state index in [1.807, 2.05) is 6.08 Å².